The minimum Gasteiger partial charge on any atom is -0.287 e. The van der Waals surface area contributed by atoms with Crippen LogP contribution in [0.25, 0.3) is 0 Å². The maximum atomic E-state index is 12.3. The highest BCUT2D eigenvalue weighted by Crippen LogP contribution is 2.34. The van der Waals surface area contributed by atoms with E-state index < -0.39 is 0 Å². The van der Waals surface area contributed by atoms with Crippen molar-refractivity contribution in [3.63, 3.8) is 0 Å². The molecule has 0 bridgehead atoms. The molecule has 0 spiro atoms. The van der Waals surface area contributed by atoms with Gasteiger partial charge in [-0.2, -0.15) is 11.8 Å². The Morgan fingerprint density at radius 1 is 1.24 bits per heavy atom. The van der Waals surface area contributed by atoms with Crippen molar-refractivity contribution in [1.29, 1.82) is 0 Å². The van der Waals surface area contributed by atoms with Crippen LogP contribution in [-0.2, 0) is 12.2 Å². The molecule has 0 saturated carbocycles. The maximum Gasteiger partial charge on any atom is 0.212 e. The van der Waals surface area contributed by atoms with E-state index in [1.807, 2.05) is 23.9 Å². The Bertz CT molecular complexity index is 547. The first kappa shape index (κ1) is 12.0. The van der Waals surface area contributed by atoms with E-state index in [9.17, 15) is 4.79 Å². The van der Waals surface area contributed by atoms with Crippen LogP contribution in [-0.4, -0.2) is 11.5 Å². The zero-order chi connectivity index (χ0) is 11.8. The van der Waals surface area contributed by atoms with E-state index in [-0.39, 0.29) is 5.78 Å². The first-order valence-electron chi connectivity index (χ1n) is 5.23. The molecule has 88 valence electrons. The molecule has 0 fully saturated rings. The third kappa shape index (κ3) is 2.38. The molecular formula is C12H9BrOS3. The summed E-state index contributed by atoms with van der Waals surface area (Å²) in [5.74, 6) is 2.42. The molecule has 3 heterocycles. The number of carbonyl (C=O) groups excluding carboxylic acids is 1. The normalized spacial score (nSPS) is 14.6. The number of thiophene rings is 2. The van der Waals surface area contributed by atoms with Crippen LogP contribution in [0, 0.1) is 0 Å². The summed E-state index contributed by atoms with van der Waals surface area (Å²) >= 11 is 8.53. The molecule has 3 rings (SSSR count). The van der Waals surface area contributed by atoms with Crippen molar-refractivity contribution >= 4 is 56.1 Å². The molecule has 1 aliphatic heterocycles. The molecule has 1 aliphatic rings. The minimum atomic E-state index is 0.171. The number of carbonyl (C=O) groups is 1. The number of aryl methyl sites for hydroxylation is 1. The van der Waals surface area contributed by atoms with Crippen LogP contribution in [0.3, 0.4) is 0 Å². The quantitative estimate of drug-likeness (QED) is 0.741. The van der Waals surface area contributed by atoms with Gasteiger partial charge in [-0.25, -0.2) is 0 Å². The number of hydrogen-bond acceptors (Lipinski definition) is 4. The summed E-state index contributed by atoms with van der Waals surface area (Å²) in [6.07, 6.45) is 1.12. The summed E-state index contributed by atoms with van der Waals surface area (Å²) in [7, 11) is 0. The van der Waals surface area contributed by atoms with Gasteiger partial charge in [-0.1, -0.05) is 0 Å². The van der Waals surface area contributed by atoms with Crippen LogP contribution in [0.4, 0.5) is 0 Å². The standard InChI is InChI=1S/C12H9BrOS3/c13-11-2-1-9(17-11)12(14)10-5-7-6-15-4-3-8(7)16-10/h1-2,5H,3-4,6H2. The zero-order valence-electron chi connectivity index (χ0n) is 8.86. The molecule has 0 unspecified atom stereocenters. The van der Waals surface area contributed by atoms with Gasteiger partial charge in [-0.3, -0.25) is 4.79 Å². The molecule has 0 aliphatic carbocycles. The summed E-state index contributed by atoms with van der Waals surface area (Å²) in [4.78, 5) is 15.4. The summed E-state index contributed by atoms with van der Waals surface area (Å²) in [6, 6.07) is 5.91. The monoisotopic (exact) mass is 344 g/mol. The van der Waals surface area contributed by atoms with E-state index in [2.05, 4.69) is 22.0 Å². The van der Waals surface area contributed by atoms with Gasteiger partial charge in [-0.05, 0) is 51.9 Å². The van der Waals surface area contributed by atoms with Crippen molar-refractivity contribution in [2.45, 2.75) is 12.2 Å². The van der Waals surface area contributed by atoms with Crippen molar-refractivity contribution in [1.82, 2.24) is 0 Å². The predicted molar refractivity (Wildman–Crippen MR) is 79.6 cm³/mol. The van der Waals surface area contributed by atoms with Crippen LogP contribution in [0.1, 0.15) is 25.0 Å². The fraction of sp³-hybridized carbons (Fsp3) is 0.250. The first-order chi connectivity index (χ1) is 8.24. The smallest absolute Gasteiger partial charge is 0.212 e. The topological polar surface area (TPSA) is 17.1 Å². The average molecular weight is 345 g/mol. The predicted octanol–water partition coefficient (Wildman–Crippen LogP) is 4.59. The van der Waals surface area contributed by atoms with Crippen molar-refractivity contribution in [3.8, 4) is 0 Å². The lowest BCUT2D eigenvalue weighted by Crippen LogP contribution is -1.96. The SMILES string of the molecule is O=C(c1ccc(Br)s1)c1cc2c(s1)CCSC2. The Morgan fingerprint density at radius 3 is 2.82 bits per heavy atom. The molecule has 0 atom stereocenters. The molecule has 2 aromatic heterocycles. The summed E-state index contributed by atoms with van der Waals surface area (Å²) in [5, 5.41) is 0. The highest BCUT2D eigenvalue weighted by Gasteiger charge is 2.19. The van der Waals surface area contributed by atoms with Crippen LogP contribution in [0.15, 0.2) is 22.0 Å². The van der Waals surface area contributed by atoms with Gasteiger partial charge in [0.1, 0.15) is 0 Å². The van der Waals surface area contributed by atoms with Crippen LogP contribution >= 0.6 is 50.4 Å². The summed E-state index contributed by atoms with van der Waals surface area (Å²) in [6.45, 7) is 0. The molecule has 0 amide bonds. The largest absolute Gasteiger partial charge is 0.287 e. The highest BCUT2D eigenvalue weighted by molar-refractivity contribution is 9.11. The van der Waals surface area contributed by atoms with Gasteiger partial charge in [0.15, 0.2) is 0 Å². The molecule has 0 saturated heterocycles. The fourth-order valence-electron chi connectivity index (χ4n) is 1.82. The van der Waals surface area contributed by atoms with Crippen LogP contribution in [0.5, 0.6) is 0 Å². The lowest BCUT2D eigenvalue weighted by Gasteiger charge is -2.08. The van der Waals surface area contributed by atoms with E-state index >= 15 is 0 Å². The van der Waals surface area contributed by atoms with Gasteiger partial charge in [0.05, 0.1) is 13.5 Å². The van der Waals surface area contributed by atoms with Crippen molar-refractivity contribution in [2.24, 2.45) is 0 Å². The number of hydrogen-bond donors (Lipinski definition) is 0. The molecule has 17 heavy (non-hydrogen) atoms. The molecule has 0 aromatic carbocycles. The second-order valence-electron chi connectivity index (χ2n) is 3.79. The Morgan fingerprint density at radius 2 is 2.12 bits per heavy atom. The Balaban J connectivity index is 1.94. The molecule has 0 radical (unpaired) electrons. The lowest BCUT2D eigenvalue weighted by atomic mass is 10.2. The third-order valence-electron chi connectivity index (χ3n) is 2.65. The lowest BCUT2D eigenvalue weighted by molar-refractivity contribution is 0.104. The molecular weight excluding hydrogens is 336 g/mol. The third-order valence-corrected chi connectivity index (χ3v) is 6.51. The first-order valence-corrected chi connectivity index (χ1v) is 8.81. The number of ketones is 1. The van der Waals surface area contributed by atoms with Gasteiger partial charge in [0.2, 0.25) is 5.78 Å². The van der Waals surface area contributed by atoms with E-state index in [1.165, 1.54) is 27.5 Å². The Hall–Kier alpha value is -0.100. The van der Waals surface area contributed by atoms with Crippen molar-refractivity contribution in [2.75, 3.05) is 5.75 Å². The van der Waals surface area contributed by atoms with Gasteiger partial charge in [0.25, 0.3) is 0 Å². The molecule has 1 nitrogen and oxygen atoms in total. The van der Waals surface area contributed by atoms with Crippen molar-refractivity contribution in [3.05, 3.63) is 42.2 Å². The highest BCUT2D eigenvalue weighted by atomic mass is 79.9. The van der Waals surface area contributed by atoms with Crippen LogP contribution in [0.2, 0.25) is 0 Å². The van der Waals surface area contributed by atoms with E-state index in [0.29, 0.717) is 0 Å². The Labute approximate surface area is 120 Å². The second-order valence-corrected chi connectivity index (χ2v) is 8.50. The van der Waals surface area contributed by atoms with E-state index in [0.717, 1.165) is 25.7 Å². The number of fused-ring (bicyclic) bond motifs is 1. The number of rotatable bonds is 2. The average Bonchev–Trinajstić information content (AvgIpc) is 2.93. The zero-order valence-corrected chi connectivity index (χ0v) is 12.9. The summed E-state index contributed by atoms with van der Waals surface area (Å²) < 4.78 is 1.01. The second kappa shape index (κ2) is 4.88. The Kier molecular flexibility index (Phi) is 3.43. The van der Waals surface area contributed by atoms with E-state index in [1.54, 1.807) is 11.3 Å². The summed E-state index contributed by atoms with van der Waals surface area (Å²) in [5.41, 5.74) is 1.37. The van der Waals surface area contributed by atoms with Crippen LogP contribution < -0.4 is 0 Å². The molecule has 5 heteroatoms. The van der Waals surface area contributed by atoms with E-state index in [4.69, 9.17) is 0 Å². The molecule has 2 aromatic rings. The van der Waals surface area contributed by atoms with Gasteiger partial charge in [0, 0.05) is 10.6 Å². The van der Waals surface area contributed by atoms with Gasteiger partial charge < -0.3 is 0 Å². The number of halogens is 1. The minimum absolute atomic E-state index is 0.171. The van der Waals surface area contributed by atoms with Gasteiger partial charge >= 0.3 is 0 Å². The van der Waals surface area contributed by atoms with Gasteiger partial charge in [-0.15, -0.1) is 22.7 Å². The maximum absolute atomic E-state index is 12.3. The van der Waals surface area contributed by atoms with Crippen molar-refractivity contribution < 1.29 is 4.79 Å². The number of thioether (sulfide) groups is 1. The fourth-order valence-corrected chi connectivity index (χ4v) is 5.55. The molecule has 0 N–H and O–H groups in total.